The van der Waals surface area contributed by atoms with Gasteiger partial charge in [-0.3, -0.25) is 4.79 Å². The van der Waals surface area contributed by atoms with E-state index in [-0.39, 0.29) is 17.6 Å². The Morgan fingerprint density at radius 1 is 1.33 bits per heavy atom. The molecule has 94 valence electrons. The van der Waals surface area contributed by atoms with Gasteiger partial charge in [0.1, 0.15) is 5.82 Å². The summed E-state index contributed by atoms with van der Waals surface area (Å²) < 4.78 is 0. The van der Waals surface area contributed by atoms with Gasteiger partial charge in [-0.25, -0.2) is 0 Å². The molecule has 1 aliphatic rings. The van der Waals surface area contributed by atoms with Crippen molar-refractivity contribution in [2.45, 2.75) is 12.8 Å². The van der Waals surface area contributed by atoms with Gasteiger partial charge in [-0.2, -0.15) is 0 Å². The Kier molecular flexibility index (Phi) is 2.59. The fourth-order valence-electron chi connectivity index (χ4n) is 2.16. The molecule has 0 saturated heterocycles. The summed E-state index contributed by atoms with van der Waals surface area (Å²) in [5, 5.41) is 14.1. The van der Waals surface area contributed by atoms with Crippen molar-refractivity contribution >= 4 is 16.6 Å². The summed E-state index contributed by atoms with van der Waals surface area (Å²) in [7, 11) is 0. The Morgan fingerprint density at radius 3 is 2.83 bits per heavy atom. The molecule has 1 fully saturated rings. The highest BCUT2D eigenvalue weighted by Crippen LogP contribution is 2.44. The minimum Gasteiger partial charge on any atom is -0.396 e. The predicted molar refractivity (Wildman–Crippen MR) is 71.8 cm³/mol. The van der Waals surface area contributed by atoms with Crippen molar-refractivity contribution in [1.29, 1.82) is 0 Å². The normalized spacial score (nSPS) is 16.7. The third-order valence-corrected chi connectivity index (χ3v) is 3.70. The molecule has 4 nitrogen and oxygen atoms in total. The van der Waals surface area contributed by atoms with Crippen LogP contribution in [0.4, 0.5) is 5.82 Å². The highest BCUT2D eigenvalue weighted by Gasteiger charge is 2.41. The number of fused-ring (bicyclic) bond motifs is 1. The van der Waals surface area contributed by atoms with Crippen LogP contribution in [0, 0.1) is 5.41 Å². The molecule has 1 aliphatic carbocycles. The Morgan fingerprint density at radius 2 is 2.11 bits per heavy atom. The van der Waals surface area contributed by atoms with Gasteiger partial charge in [0.25, 0.3) is 5.56 Å². The van der Waals surface area contributed by atoms with Crippen molar-refractivity contribution in [2.75, 3.05) is 18.5 Å². The quantitative estimate of drug-likeness (QED) is 0.767. The molecule has 0 unspecified atom stereocenters. The molecule has 1 aromatic carbocycles. The van der Waals surface area contributed by atoms with Gasteiger partial charge in [0.2, 0.25) is 0 Å². The van der Waals surface area contributed by atoms with Crippen LogP contribution >= 0.6 is 0 Å². The van der Waals surface area contributed by atoms with E-state index >= 15 is 0 Å². The molecule has 1 saturated carbocycles. The number of aromatic amines is 1. The summed E-state index contributed by atoms with van der Waals surface area (Å²) in [4.78, 5) is 14.7. The van der Waals surface area contributed by atoms with Gasteiger partial charge in [-0.1, -0.05) is 18.2 Å². The number of rotatable bonds is 4. The number of hydrogen-bond donors (Lipinski definition) is 3. The zero-order valence-corrected chi connectivity index (χ0v) is 10.1. The van der Waals surface area contributed by atoms with Gasteiger partial charge >= 0.3 is 0 Å². The van der Waals surface area contributed by atoms with Crippen LogP contribution < -0.4 is 10.9 Å². The van der Waals surface area contributed by atoms with Gasteiger partial charge in [0, 0.05) is 17.3 Å². The van der Waals surface area contributed by atoms with Crippen molar-refractivity contribution in [3.8, 4) is 0 Å². The molecule has 2 aromatic rings. The molecule has 0 atom stereocenters. The van der Waals surface area contributed by atoms with Crippen molar-refractivity contribution in [1.82, 2.24) is 4.98 Å². The largest absolute Gasteiger partial charge is 0.396 e. The molecule has 0 radical (unpaired) electrons. The summed E-state index contributed by atoms with van der Waals surface area (Å²) in [5.74, 6) is 0.721. The average Bonchev–Trinajstić information content (AvgIpc) is 3.17. The number of H-pyrrole nitrogens is 1. The van der Waals surface area contributed by atoms with Crippen molar-refractivity contribution in [2.24, 2.45) is 5.41 Å². The smallest absolute Gasteiger partial charge is 0.257 e. The number of aliphatic hydroxyl groups excluding tert-OH is 1. The summed E-state index contributed by atoms with van der Waals surface area (Å²) >= 11 is 0. The van der Waals surface area contributed by atoms with Crippen LogP contribution in [0.25, 0.3) is 10.8 Å². The molecule has 18 heavy (non-hydrogen) atoms. The third kappa shape index (κ3) is 1.99. The zero-order chi connectivity index (χ0) is 12.6. The highest BCUT2D eigenvalue weighted by atomic mass is 16.3. The number of aliphatic hydroxyl groups is 1. The van der Waals surface area contributed by atoms with Crippen LogP contribution in [0.3, 0.4) is 0 Å². The van der Waals surface area contributed by atoms with Crippen molar-refractivity contribution in [3.63, 3.8) is 0 Å². The van der Waals surface area contributed by atoms with Crippen LogP contribution in [0.1, 0.15) is 12.8 Å². The van der Waals surface area contributed by atoms with E-state index in [1.54, 1.807) is 0 Å². The molecule has 0 spiro atoms. The summed E-state index contributed by atoms with van der Waals surface area (Å²) in [6.07, 6.45) is 2.10. The van der Waals surface area contributed by atoms with E-state index in [4.69, 9.17) is 0 Å². The van der Waals surface area contributed by atoms with E-state index in [0.717, 1.165) is 24.0 Å². The molecule has 3 rings (SSSR count). The fourth-order valence-corrected chi connectivity index (χ4v) is 2.16. The maximum absolute atomic E-state index is 11.9. The van der Waals surface area contributed by atoms with Crippen LogP contribution in [0.2, 0.25) is 0 Å². The second-order valence-corrected chi connectivity index (χ2v) is 5.11. The lowest BCUT2D eigenvalue weighted by molar-refractivity contribution is 0.219. The first-order valence-electron chi connectivity index (χ1n) is 6.19. The van der Waals surface area contributed by atoms with E-state index in [9.17, 15) is 9.90 Å². The second kappa shape index (κ2) is 4.14. The number of pyridine rings is 1. The summed E-state index contributed by atoms with van der Waals surface area (Å²) in [5.41, 5.74) is -0.0489. The number of aromatic nitrogens is 1. The molecule has 3 N–H and O–H groups in total. The Bertz CT molecular complexity index is 629. The highest BCUT2D eigenvalue weighted by molar-refractivity contribution is 5.83. The van der Waals surface area contributed by atoms with E-state index in [1.807, 2.05) is 30.3 Å². The van der Waals surface area contributed by atoms with Crippen LogP contribution in [-0.2, 0) is 0 Å². The number of hydrogen-bond acceptors (Lipinski definition) is 3. The molecular formula is C14H16N2O2. The maximum atomic E-state index is 11.9. The minimum atomic E-state index is -0.0792. The molecule has 4 heteroatoms. The summed E-state index contributed by atoms with van der Waals surface area (Å²) in [6.45, 7) is 0.912. The first-order valence-corrected chi connectivity index (χ1v) is 6.19. The van der Waals surface area contributed by atoms with Gasteiger partial charge in [0.15, 0.2) is 0 Å². The Balaban J connectivity index is 1.87. The van der Waals surface area contributed by atoms with Crippen LogP contribution in [0.5, 0.6) is 0 Å². The lowest BCUT2D eigenvalue weighted by atomic mass is 10.1. The monoisotopic (exact) mass is 244 g/mol. The van der Waals surface area contributed by atoms with E-state index in [2.05, 4.69) is 10.3 Å². The molecule has 0 bridgehead atoms. The molecule has 0 amide bonds. The van der Waals surface area contributed by atoms with E-state index in [1.165, 1.54) is 0 Å². The van der Waals surface area contributed by atoms with Gasteiger partial charge < -0.3 is 15.4 Å². The van der Waals surface area contributed by atoms with Crippen LogP contribution in [-0.4, -0.2) is 23.2 Å². The standard InChI is InChI=1S/C14H16N2O2/c17-9-14(5-6-14)8-15-12-7-10-3-1-2-4-11(10)13(18)16-12/h1-4,7,17H,5-6,8-9H2,(H2,15,16,18). The van der Waals surface area contributed by atoms with Crippen LogP contribution in [0.15, 0.2) is 35.1 Å². The average molecular weight is 244 g/mol. The first kappa shape index (κ1) is 11.3. The number of nitrogens with one attached hydrogen (secondary N) is 2. The Hall–Kier alpha value is -1.81. The Labute approximate surface area is 105 Å². The fraction of sp³-hybridized carbons (Fsp3) is 0.357. The van der Waals surface area contributed by atoms with Gasteiger partial charge in [-0.05, 0) is 30.4 Å². The number of benzene rings is 1. The molecule has 1 heterocycles. The number of anilines is 1. The lowest BCUT2D eigenvalue weighted by Gasteiger charge is -2.13. The third-order valence-electron chi connectivity index (χ3n) is 3.70. The van der Waals surface area contributed by atoms with Crippen molar-refractivity contribution < 1.29 is 5.11 Å². The van der Waals surface area contributed by atoms with Crippen molar-refractivity contribution in [3.05, 3.63) is 40.7 Å². The van der Waals surface area contributed by atoms with Gasteiger partial charge in [0.05, 0.1) is 6.61 Å². The molecular weight excluding hydrogens is 228 g/mol. The minimum absolute atomic E-state index is 0.0303. The predicted octanol–water partition coefficient (Wildman–Crippen LogP) is 1.71. The lowest BCUT2D eigenvalue weighted by Crippen LogP contribution is -2.21. The van der Waals surface area contributed by atoms with E-state index in [0.29, 0.717) is 11.9 Å². The van der Waals surface area contributed by atoms with Gasteiger partial charge in [-0.15, -0.1) is 0 Å². The summed E-state index contributed by atoms with van der Waals surface area (Å²) in [6, 6.07) is 9.45. The van der Waals surface area contributed by atoms with E-state index < -0.39 is 0 Å². The SMILES string of the molecule is O=c1[nH]c(NCC2(CO)CC2)cc2ccccc12. The zero-order valence-electron chi connectivity index (χ0n) is 10.1. The maximum Gasteiger partial charge on any atom is 0.257 e. The molecule has 1 aromatic heterocycles. The first-order chi connectivity index (χ1) is 8.72. The second-order valence-electron chi connectivity index (χ2n) is 5.11. The molecule has 0 aliphatic heterocycles. The topological polar surface area (TPSA) is 65.1 Å².